The molecule has 7 nitrogen and oxygen atoms in total. The first-order chi connectivity index (χ1) is 17.6. The number of amides is 3. The van der Waals surface area contributed by atoms with Gasteiger partial charge in [0, 0.05) is 12.1 Å². The van der Waals surface area contributed by atoms with Crippen molar-refractivity contribution in [2.75, 3.05) is 13.7 Å². The summed E-state index contributed by atoms with van der Waals surface area (Å²) in [6.07, 6.45) is 0.715. The number of ether oxygens (including phenoxy) is 1. The maximum Gasteiger partial charge on any atom is 0.261 e. The number of aryl methyl sites for hydroxylation is 1. The molecule has 0 aliphatic carbocycles. The molecule has 3 rings (SSSR count). The highest BCUT2D eigenvalue weighted by Crippen LogP contribution is 2.28. The normalized spacial score (nSPS) is 11.9. The van der Waals surface area contributed by atoms with Crippen LogP contribution in [0.3, 0.4) is 0 Å². The number of thiophene rings is 1. The predicted octanol–water partition coefficient (Wildman–Crippen LogP) is 4.87. The third-order valence-electron chi connectivity index (χ3n) is 6.25. The Bertz CT molecular complexity index is 1210. The van der Waals surface area contributed by atoms with Crippen LogP contribution in [0.1, 0.15) is 59.6 Å². The molecule has 0 spiro atoms. The van der Waals surface area contributed by atoms with E-state index in [1.165, 1.54) is 16.2 Å². The van der Waals surface area contributed by atoms with Crippen LogP contribution in [0.4, 0.5) is 0 Å². The topological polar surface area (TPSA) is 87.7 Å². The maximum absolute atomic E-state index is 13.8. The first kappa shape index (κ1) is 27.9. The SMILES string of the molecule is CCC(C)(C)NC(=O)C(c1cccc(OC)c1)N(Cc1ccc(C)cc1)C(=O)CNC(=O)c1cccs1. The lowest BCUT2D eigenvalue weighted by molar-refractivity contribution is -0.141. The lowest BCUT2D eigenvalue weighted by Gasteiger charge is -2.35. The van der Waals surface area contributed by atoms with Crippen LogP contribution in [-0.2, 0) is 16.1 Å². The number of hydrogen-bond acceptors (Lipinski definition) is 5. The molecule has 1 atom stereocenters. The van der Waals surface area contributed by atoms with Gasteiger partial charge in [-0.15, -0.1) is 11.3 Å². The van der Waals surface area contributed by atoms with Gasteiger partial charge in [0.05, 0.1) is 18.5 Å². The van der Waals surface area contributed by atoms with E-state index in [9.17, 15) is 14.4 Å². The molecule has 0 saturated carbocycles. The Morgan fingerprint density at radius 1 is 1.05 bits per heavy atom. The minimum Gasteiger partial charge on any atom is -0.497 e. The second kappa shape index (κ2) is 12.5. The molecular formula is C29H35N3O4S. The molecule has 1 aromatic heterocycles. The molecule has 196 valence electrons. The van der Waals surface area contributed by atoms with E-state index in [1.807, 2.05) is 58.0 Å². The fourth-order valence-corrected chi connectivity index (χ4v) is 4.38. The van der Waals surface area contributed by atoms with Crippen molar-refractivity contribution in [1.82, 2.24) is 15.5 Å². The van der Waals surface area contributed by atoms with E-state index < -0.39 is 11.6 Å². The number of rotatable bonds is 11. The van der Waals surface area contributed by atoms with Crippen LogP contribution >= 0.6 is 11.3 Å². The standard InChI is InChI=1S/C29H35N3O4S/c1-6-29(3,4)31-28(35)26(22-9-7-10-23(17-22)36-5)32(19-21-14-12-20(2)13-15-21)25(33)18-30-27(34)24-11-8-16-37-24/h7-17,26H,6,18-19H2,1-5H3,(H,30,34)(H,31,35). The van der Waals surface area contributed by atoms with Crippen LogP contribution in [0.15, 0.2) is 66.0 Å². The molecule has 3 amide bonds. The Balaban J connectivity index is 2.00. The van der Waals surface area contributed by atoms with Gasteiger partial charge in [0.1, 0.15) is 11.8 Å². The monoisotopic (exact) mass is 521 g/mol. The molecule has 0 bridgehead atoms. The summed E-state index contributed by atoms with van der Waals surface area (Å²) in [5, 5.41) is 7.62. The zero-order valence-electron chi connectivity index (χ0n) is 22.0. The Labute approximate surface area is 222 Å². The number of nitrogens with one attached hydrogen (secondary N) is 2. The zero-order valence-corrected chi connectivity index (χ0v) is 22.9. The average Bonchev–Trinajstić information content (AvgIpc) is 3.43. The van der Waals surface area contributed by atoms with Crippen LogP contribution < -0.4 is 15.4 Å². The van der Waals surface area contributed by atoms with Gasteiger partial charge in [-0.1, -0.05) is 55.0 Å². The lowest BCUT2D eigenvalue weighted by Crippen LogP contribution is -2.51. The molecule has 0 aliphatic rings. The number of benzene rings is 2. The van der Waals surface area contributed by atoms with Crippen molar-refractivity contribution in [3.8, 4) is 5.75 Å². The number of carbonyl (C=O) groups is 3. The smallest absolute Gasteiger partial charge is 0.261 e. The van der Waals surface area contributed by atoms with Crippen molar-refractivity contribution < 1.29 is 19.1 Å². The Hall–Kier alpha value is -3.65. The number of methoxy groups -OCH3 is 1. The second-order valence-corrected chi connectivity index (χ2v) is 10.5. The van der Waals surface area contributed by atoms with Crippen molar-refractivity contribution in [3.05, 3.63) is 87.6 Å². The summed E-state index contributed by atoms with van der Waals surface area (Å²) in [6, 6.07) is 17.5. The molecule has 2 N–H and O–H groups in total. The molecular weight excluding hydrogens is 486 g/mol. The summed E-state index contributed by atoms with van der Waals surface area (Å²) in [5.41, 5.74) is 2.12. The van der Waals surface area contributed by atoms with Crippen LogP contribution in [0.2, 0.25) is 0 Å². The van der Waals surface area contributed by atoms with Gasteiger partial charge in [-0.05, 0) is 61.9 Å². The number of nitrogens with zero attached hydrogens (tertiary/aromatic N) is 1. The molecule has 0 saturated heterocycles. The first-order valence-corrected chi connectivity index (χ1v) is 13.1. The van der Waals surface area contributed by atoms with Crippen LogP contribution in [0.25, 0.3) is 0 Å². The summed E-state index contributed by atoms with van der Waals surface area (Å²) in [7, 11) is 1.56. The van der Waals surface area contributed by atoms with Gasteiger partial charge in [0.2, 0.25) is 11.8 Å². The van der Waals surface area contributed by atoms with Crippen molar-refractivity contribution in [2.45, 2.75) is 52.2 Å². The van der Waals surface area contributed by atoms with Crippen molar-refractivity contribution in [1.29, 1.82) is 0 Å². The van der Waals surface area contributed by atoms with Crippen molar-refractivity contribution >= 4 is 29.1 Å². The highest BCUT2D eigenvalue weighted by atomic mass is 32.1. The quantitative estimate of drug-likeness (QED) is 0.377. The Morgan fingerprint density at radius 2 is 1.78 bits per heavy atom. The van der Waals surface area contributed by atoms with E-state index in [0.717, 1.165) is 11.1 Å². The fraction of sp³-hybridized carbons (Fsp3) is 0.345. The van der Waals surface area contributed by atoms with E-state index in [2.05, 4.69) is 10.6 Å². The summed E-state index contributed by atoms with van der Waals surface area (Å²) in [4.78, 5) is 42.1. The van der Waals surface area contributed by atoms with Gasteiger partial charge in [-0.2, -0.15) is 0 Å². The lowest BCUT2D eigenvalue weighted by atomic mass is 9.98. The van der Waals surface area contributed by atoms with Crippen LogP contribution in [-0.4, -0.2) is 41.8 Å². The largest absolute Gasteiger partial charge is 0.497 e. The molecule has 2 aromatic carbocycles. The molecule has 3 aromatic rings. The number of hydrogen-bond donors (Lipinski definition) is 2. The van der Waals surface area contributed by atoms with Gasteiger partial charge in [-0.3, -0.25) is 14.4 Å². The van der Waals surface area contributed by atoms with Crippen LogP contribution in [0, 0.1) is 6.92 Å². The minimum atomic E-state index is -0.937. The van der Waals surface area contributed by atoms with E-state index in [-0.39, 0.29) is 30.8 Å². The fourth-order valence-electron chi connectivity index (χ4n) is 3.74. The molecule has 0 radical (unpaired) electrons. The minimum absolute atomic E-state index is 0.190. The van der Waals surface area contributed by atoms with Gasteiger partial charge in [-0.25, -0.2) is 0 Å². The second-order valence-electron chi connectivity index (χ2n) is 9.57. The molecule has 8 heteroatoms. The van der Waals surface area contributed by atoms with Gasteiger partial charge in [0.15, 0.2) is 0 Å². The highest BCUT2D eigenvalue weighted by molar-refractivity contribution is 7.12. The van der Waals surface area contributed by atoms with E-state index in [1.54, 1.807) is 42.8 Å². The molecule has 0 aliphatic heterocycles. The molecule has 0 fully saturated rings. The van der Waals surface area contributed by atoms with Crippen molar-refractivity contribution in [2.24, 2.45) is 0 Å². The summed E-state index contributed by atoms with van der Waals surface area (Å²) in [6.45, 7) is 7.83. The van der Waals surface area contributed by atoms with Gasteiger partial charge < -0.3 is 20.3 Å². The third-order valence-corrected chi connectivity index (χ3v) is 7.12. The zero-order chi connectivity index (χ0) is 27.0. The van der Waals surface area contributed by atoms with Gasteiger partial charge in [0.25, 0.3) is 5.91 Å². The number of carbonyl (C=O) groups excluding carboxylic acids is 3. The molecule has 1 heterocycles. The third kappa shape index (κ3) is 7.67. The van der Waals surface area contributed by atoms with E-state index >= 15 is 0 Å². The average molecular weight is 522 g/mol. The predicted molar refractivity (Wildman–Crippen MR) is 147 cm³/mol. The van der Waals surface area contributed by atoms with E-state index in [4.69, 9.17) is 4.74 Å². The molecule has 37 heavy (non-hydrogen) atoms. The molecule has 1 unspecified atom stereocenters. The first-order valence-electron chi connectivity index (χ1n) is 12.3. The van der Waals surface area contributed by atoms with E-state index in [0.29, 0.717) is 22.6 Å². The Morgan fingerprint density at radius 3 is 2.41 bits per heavy atom. The maximum atomic E-state index is 13.8. The summed E-state index contributed by atoms with van der Waals surface area (Å²) < 4.78 is 5.41. The van der Waals surface area contributed by atoms with Crippen molar-refractivity contribution in [3.63, 3.8) is 0 Å². The highest BCUT2D eigenvalue weighted by Gasteiger charge is 2.34. The summed E-state index contributed by atoms with van der Waals surface area (Å²) in [5.74, 6) is -0.417. The Kier molecular flexibility index (Phi) is 9.47. The summed E-state index contributed by atoms with van der Waals surface area (Å²) >= 11 is 1.30. The van der Waals surface area contributed by atoms with Crippen LogP contribution in [0.5, 0.6) is 5.75 Å². The van der Waals surface area contributed by atoms with Gasteiger partial charge >= 0.3 is 0 Å².